The highest BCUT2D eigenvalue weighted by Gasteiger charge is 2.29. The van der Waals surface area contributed by atoms with Crippen LogP contribution in [0.4, 0.5) is 0 Å². The first-order valence-electron chi connectivity index (χ1n) is 8.38. The molecule has 18 heavy (non-hydrogen) atoms. The van der Waals surface area contributed by atoms with Crippen molar-refractivity contribution in [2.45, 2.75) is 93.4 Å². The zero-order chi connectivity index (χ0) is 14.2. The minimum atomic E-state index is 0.582. The van der Waals surface area contributed by atoms with Gasteiger partial charge in [-0.15, -0.1) is 0 Å². The summed E-state index contributed by atoms with van der Waals surface area (Å²) in [6.45, 7) is 16.4. The van der Waals surface area contributed by atoms with Crippen molar-refractivity contribution in [3.63, 3.8) is 0 Å². The van der Waals surface area contributed by atoms with Gasteiger partial charge in [-0.1, -0.05) is 67.7 Å². The molecule has 1 rings (SSSR count). The van der Waals surface area contributed by atoms with E-state index in [1.165, 1.54) is 44.9 Å². The van der Waals surface area contributed by atoms with E-state index in [0.29, 0.717) is 5.41 Å². The first kappa shape index (κ1) is 18.0. The lowest BCUT2D eigenvalue weighted by atomic mass is 9.68. The van der Waals surface area contributed by atoms with E-state index in [-0.39, 0.29) is 0 Å². The highest BCUT2D eigenvalue weighted by molar-refractivity contribution is 4.81. The topological polar surface area (TPSA) is 0 Å². The average molecular weight is 255 g/mol. The van der Waals surface area contributed by atoms with Crippen LogP contribution < -0.4 is 0 Å². The molecule has 0 heterocycles. The van der Waals surface area contributed by atoms with Gasteiger partial charge >= 0.3 is 0 Å². The molecule has 1 fully saturated rings. The monoisotopic (exact) mass is 254 g/mol. The molecule has 3 atom stereocenters. The first-order chi connectivity index (χ1) is 8.38. The van der Waals surface area contributed by atoms with Crippen molar-refractivity contribution in [3.05, 3.63) is 0 Å². The molecule has 0 aromatic carbocycles. The molecule has 0 heteroatoms. The Balaban J connectivity index is 0.000000873. The molecule has 0 spiro atoms. The van der Waals surface area contributed by atoms with Crippen LogP contribution in [0.1, 0.15) is 93.4 Å². The van der Waals surface area contributed by atoms with Gasteiger partial charge in [-0.25, -0.2) is 0 Å². The number of hydrogen-bond acceptors (Lipinski definition) is 0. The lowest BCUT2D eigenvalue weighted by molar-refractivity contribution is 0.140. The van der Waals surface area contributed by atoms with Gasteiger partial charge in [-0.05, 0) is 48.9 Å². The highest BCUT2D eigenvalue weighted by atomic mass is 14.4. The summed E-state index contributed by atoms with van der Waals surface area (Å²) in [6.07, 6.45) is 9.86. The molecule has 0 aliphatic heterocycles. The van der Waals surface area contributed by atoms with Gasteiger partial charge in [0.05, 0.1) is 0 Å². The maximum Gasteiger partial charge on any atom is -0.0349 e. The molecule has 1 aliphatic carbocycles. The fraction of sp³-hybridized carbons (Fsp3) is 1.00. The van der Waals surface area contributed by atoms with Gasteiger partial charge in [0, 0.05) is 0 Å². The molecule has 0 radical (unpaired) electrons. The van der Waals surface area contributed by atoms with Gasteiger partial charge < -0.3 is 0 Å². The molecular formula is C18H38. The maximum absolute atomic E-state index is 2.47. The molecule has 0 aromatic heterocycles. The van der Waals surface area contributed by atoms with Crippen molar-refractivity contribution in [3.8, 4) is 0 Å². The molecule has 0 nitrogen and oxygen atoms in total. The molecular weight excluding hydrogens is 216 g/mol. The van der Waals surface area contributed by atoms with E-state index in [2.05, 4.69) is 48.5 Å². The molecule has 1 saturated carbocycles. The average Bonchev–Trinajstić information content (AvgIpc) is 2.25. The minimum Gasteiger partial charge on any atom is -0.0656 e. The SMILES string of the molecule is CCC.CCC1CC(C)CC(C)(C)CC(CC)C1. The van der Waals surface area contributed by atoms with Gasteiger partial charge in [0.25, 0.3) is 0 Å². The summed E-state index contributed by atoms with van der Waals surface area (Å²) in [6, 6.07) is 0. The minimum absolute atomic E-state index is 0.582. The molecule has 0 aromatic rings. The Morgan fingerprint density at radius 3 is 1.78 bits per heavy atom. The summed E-state index contributed by atoms with van der Waals surface area (Å²) >= 11 is 0. The Labute approximate surface area is 117 Å². The fourth-order valence-electron chi connectivity index (χ4n) is 3.76. The molecule has 110 valence electrons. The third-order valence-electron chi connectivity index (χ3n) is 4.30. The van der Waals surface area contributed by atoms with E-state index in [1.807, 2.05) is 0 Å². The molecule has 0 bridgehead atoms. The molecule has 0 amide bonds. The maximum atomic E-state index is 2.47. The van der Waals surface area contributed by atoms with Crippen molar-refractivity contribution in [1.82, 2.24) is 0 Å². The second-order valence-electron chi connectivity index (χ2n) is 7.40. The van der Waals surface area contributed by atoms with Crippen molar-refractivity contribution in [2.75, 3.05) is 0 Å². The fourth-order valence-corrected chi connectivity index (χ4v) is 3.76. The van der Waals surface area contributed by atoms with Gasteiger partial charge in [-0.2, -0.15) is 0 Å². The Kier molecular flexibility index (Phi) is 8.99. The van der Waals surface area contributed by atoms with E-state index in [9.17, 15) is 0 Å². The van der Waals surface area contributed by atoms with E-state index in [4.69, 9.17) is 0 Å². The summed E-state index contributed by atoms with van der Waals surface area (Å²) < 4.78 is 0. The lowest BCUT2D eigenvalue weighted by Gasteiger charge is -2.37. The van der Waals surface area contributed by atoms with Gasteiger partial charge in [0.2, 0.25) is 0 Å². The van der Waals surface area contributed by atoms with E-state index >= 15 is 0 Å². The van der Waals surface area contributed by atoms with Crippen molar-refractivity contribution in [2.24, 2.45) is 23.2 Å². The molecule has 0 N–H and O–H groups in total. The van der Waals surface area contributed by atoms with Crippen LogP contribution in [-0.2, 0) is 0 Å². The van der Waals surface area contributed by atoms with Crippen LogP contribution >= 0.6 is 0 Å². The summed E-state index contributed by atoms with van der Waals surface area (Å²) in [7, 11) is 0. The standard InChI is InChI=1S/C15H30.C3H8/c1-6-13-8-12(3)10-15(4,5)11-14(7-2)9-13;1-3-2/h12-14H,6-11H2,1-5H3;3H2,1-2H3. The molecule has 3 unspecified atom stereocenters. The van der Waals surface area contributed by atoms with Crippen molar-refractivity contribution in [1.29, 1.82) is 0 Å². The summed E-state index contributed by atoms with van der Waals surface area (Å²) in [5.74, 6) is 2.92. The van der Waals surface area contributed by atoms with Crippen LogP contribution in [-0.4, -0.2) is 0 Å². The van der Waals surface area contributed by atoms with Crippen LogP contribution in [0, 0.1) is 23.2 Å². The van der Waals surface area contributed by atoms with E-state index < -0.39 is 0 Å². The largest absolute Gasteiger partial charge is 0.0656 e. The molecule has 0 saturated heterocycles. The molecule has 1 aliphatic rings. The van der Waals surface area contributed by atoms with Gasteiger partial charge in [-0.3, -0.25) is 0 Å². The summed E-state index contributed by atoms with van der Waals surface area (Å²) in [5.41, 5.74) is 0.582. The Morgan fingerprint density at radius 1 is 0.833 bits per heavy atom. The third-order valence-corrected chi connectivity index (χ3v) is 4.30. The van der Waals surface area contributed by atoms with Crippen LogP contribution in [0.3, 0.4) is 0 Å². The Bertz CT molecular complexity index is 192. The lowest BCUT2D eigenvalue weighted by Crippen LogP contribution is -2.26. The quantitative estimate of drug-likeness (QED) is 0.515. The predicted octanol–water partition coefficient (Wildman–Crippen LogP) is 6.69. The smallest absolute Gasteiger partial charge is 0.0349 e. The number of hydrogen-bond donors (Lipinski definition) is 0. The van der Waals surface area contributed by atoms with Crippen molar-refractivity contribution >= 4 is 0 Å². The first-order valence-corrected chi connectivity index (χ1v) is 8.38. The van der Waals surface area contributed by atoms with Gasteiger partial charge in [0.15, 0.2) is 0 Å². The van der Waals surface area contributed by atoms with Crippen LogP contribution in [0.2, 0.25) is 0 Å². The zero-order valence-corrected chi connectivity index (χ0v) is 14.2. The normalized spacial score (nSPS) is 31.8. The van der Waals surface area contributed by atoms with Crippen LogP contribution in [0.5, 0.6) is 0 Å². The van der Waals surface area contributed by atoms with E-state index in [1.54, 1.807) is 0 Å². The second-order valence-corrected chi connectivity index (χ2v) is 7.40. The van der Waals surface area contributed by atoms with Crippen molar-refractivity contribution < 1.29 is 0 Å². The Hall–Kier alpha value is 0. The zero-order valence-electron chi connectivity index (χ0n) is 14.2. The summed E-state index contributed by atoms with van der Waals surface area (Å²) in [4.78, 5) is 0. The Morgan fingerprint density at radius 2 is 1.33 bits per heavy atom. The summed E-state index contributed by atoms with van der Waals surface area (Å²) in [5, 5.41) is 0. The predicted molar refractivity (Wildman–Crippen MR) is 84.9 cm³/mol. The van der Waals surface area contributed by atoms with Crippen LogP contribution in [0.25, 0.3) is 0 Å². The van der Waals surface area contributed by atoms with E-state index in [0.717, 1.165) is 17.8 Å². The number of rotatable bonds is 2. The third kappa shape index (κ3) is 7.44. The van der Waals surface area contributed by atoms with Gasteiger partial charge in [0.1, 0.15) is 0 Å². The highest BCUT2D eigenvalue weighted by Crippen LogP contribution is 2.41. The second kappa shape index (κ2) is 8.99. The van der Waals surface area contributed by atoms with Crippen LogP contribution in [0.15, 0.2) is 0 Å².